The molecule has 0 aliphatic rings. The number of rotatable bonds is 14. The van der Waals surface area contributed by atoms with Crippen molar-refractivity contribution >= 4 is 38.2 Å². The number of hydrogen-bond donors (Lipinski definition) is 0. The van der Waals surface area contributed by atoms with Gasteiger partial charge in [0.2, 0.25) is 5.75 Å². The largest absolute Gasteiger partial charge is 0.493 e. The predicted molar refractivity (Wildman–Crippen MR) is 146 cm³/mol. The third-order valence-electron chi connectivity index (χ3n) is 5.10. The van der Waals surface area contributed by atoms with E-state index in [0.717, 1.165) is 5.56 Å². The van der Waals surface area contributed by atoms with Crippen LogP contribution in [0.4, 0.5) is 0 Å². The summed E-state index contributed by atoms with van der Waals surface area (Å²) in [5.41, 5.74) is 0.218. The van der Waals surface area contributed by atoms with Gasteiger partial charge in [-0.3, -0.25) is 0 Å². The summed E-state index contributed by atoms with van der Waals surface area (Å²) in [5.74, 6) is 1.27. The van der Waals surface area contributed by atoms with Crippen molar-refractivity contribution in [2.24, 2.45) is 5.92 Å². The molecule has 0 fully saturated rings. The highest BCUT2D eigenvalue weighted by molar-refractivity contribution is 6.72. The van der Waals surface area contributed by atoms with Gasteiger partial charge < -0.3 is 27.8 Å². The van der Waals surface area contributed by atoms with E-state index >= 15 is 0 Å². The number of benzene rings is 1. The number of methoxy groups -OCH3 is 3. The summed E-state index contributed by atoms with van der Waals surface area (Å²) in [6.45, 7) is 17.9. The summed E-state index contributed by atoms with van der Waals surface area (Å²) in [4.78, 5) is 12.4. The molecule has 1 rings (SSSR count). The van der Waals surface area contributed by atoms with Crippen LogP contribution >= 0.6 is 0 Å². The van der Waals surface area contributed by atoms with Crippen LogP contribution in [0.1, 0.15) is 18.9 Å². The van der Waals surface area contributed by atoms with Crippen molar-refractivity contribution in [2.45, 2.75) is 64.6 Å². The molecule has 0 aromatic heterocycles. The summed E-state index contributed by atoms with van der Waals surface area (Å²) in [5, 5.41) is 0. The maximum absolute atomic E-state index is 12.4. The van der Waals surface area contributed by atoms with E-state index < -0.39 is 37.5 Å². The van der Waals surface area contributed by atoms with Crippen LogP contribution in [0.15, 0.2) is 18.2 Å². The summed E-state index contributed by atoms with van der Waals surface area (Å²) in [6, 6.07) is 3.55. The van der Waals surface area contributed by atoms with Crippen LogP contribution in [-0.2, 0) is 18.4 Å². The van der Waals surface area contributed by atoms with E-state index in [9.17, 15) is 4.79 Å². The van der Waals surface area contributed by atoms with Gasteiger partial charge >= 0.3 is 5.97 Å². The fraction of sp³-hybridized carbons (Fsp3) is 0.625. The fourth-order valence-corrected chi connectivity index (χ4v) is 11.0. The fourth-order valence-electron chi connectivity index (χ4n) is 3.72. The lowest BCUT2D eigenvalue weighted by molar-refractivity contribution is -0.140. The molecule has 194 valence electrons. The normalized spacial score (nSPS) is 14.0. The summed E-state index contributed by atoms with van der Waals surface area (Å²) < 4.78 is 34.9. The Hall–Kier alpha value is -1.60. The average Bonchev–Trinajstić information content (AvgIpc) is 2.74. The van der Waals surface area contributed by atoms with Gasteiger partial charge in [-0.15, -0.1) is 0 Å². The number of ether oxygens (including phenoxy) is 4. The highest BCUT2D eigenvalue weighted by Crippen LogP contribution is 2.38. The average molecular weight is 529 g/mol. The van der Waals surface area contributed by atoms with Crippen molar-refractivity contribution in [3.63, 3.8) is 0 Å². The first-order chi connectivity index (χ1) is 15.7. The van der Waals surface area contributed by atoms with Crippen LogP contribution in [0.2, 0.25) is 45.8 Å². The lowest BCUT2D eigenvalue weighted by Crippen LogP contribution is -2.57. The number of esters is 1. The number of hydrogen-bond acceptors (Lipinski definition) is 7. The Morgan fingerprint density at radius 3 is 1.85 bits per heavy atom. The van der Waals surface area contributed by atoms with E-state index in [2.05, 4.69) is 52.8 Å². The van der Waals surface area contributed by atoms with Crippen molar-refractivity contribution in [2.75, 3.05) is 27.9 Å². The van der Waals surface area contributed by atoms with E-state index in [1.54, 1.807) is 39.5 Å². The first-order valence-corrected chi connectivity index (χ1v) is 20.7. The van der Waals surface area contributed by atoms with E-state index in [1.165, 1.54) is 6.08 Å². The quantitative estimate of drug-likeness (QED) is 0.148. The Kier molecular flexibility index (Phi) is 11.6. The third kappa shape index (κ3) is 9.57. The van der Waals surface area contributed by atoms with Gasteiger partial charge in [-0.25, -0.2) is 4.79 Å². The van der Waals surface area contributed by atoms with Crippen molar-refractivity contribution in [1.29, 1.82) is 0 Å². The Morgan fingerprint density at radius 2 is 1.47 bits per heavy atom. The molecule has 1 atom stereocenters. The Balaban J connectivity index is 2.85. The second-order valence-corrected chi connectivity index (χ2v) is 20.8. The molecule has 0 spiro atoms. The van der Waals surface area contributed by atoms with Crippen LogP contribution in [0.5, 0.6) is 17.2 Å². The highest BCUT2D eigenvalue weighted by atomic mass is 28.4. The molecule has 0 N–H and O–H groups in total. The topological polar surface area (TPSA) is 72.5 Å². The molecule has 0 aliphatic heterocycles. The summed E-state index contributed by atoms with van der Waals surface area (Å²) in [7, 11) is 0.342. The standard InChI is InChI=1S/C24H44O7Si3/c1-18(24(32-5,30-33(6,7)8)31-34(9,10)11)14-15-29-22(25)13-12-19-16-20(26-2)23(28-4)21(17-19)27-3/h12-13,16-18H,14-15,32H2,1-11H3/b13-12+. The van der Waals surface area contributed by atoms with Crippen molar-refractivity contribution in [3.8, 4) is 17.2 Å². The highest BCUT2D eigenvalue weighted by Gasteiger charge is 2.43. The SMILES string of the molecule is COc1cc(/C=C/C(=O)OCCC(C)C(O[Si](C)(C)C)(O[Si](C)(C)C)[SiH2]C)cc(OC)c1OC. The van der Waals surface area contributed by atoms with Gasteiger partial charge in [0, 0.05) is 12.0 Å². The molecule has 7 nitrogen and oxygen atoms in total. The van der Waals surface area contributed by atoms with Gasteiger partial charge in [0.1, 0.15) is 5.41 Å². The zero-order chi connectivity index (χ0) is 26.2. The van der Waals surface area contributed by atoms with E-state index in [-0.39, 0.29) is 5.92 Å². The lowest BCUT2D eigenvalue weighted by Gasteiger charge is -2.46. The molecular formula is C24H44O7Si3. The molecule has 0 aliphatic carbocycles. The maximum atomic E-state index is 12.4. The molecule has 0 amide bonds. The molecule has 1 aromatic carbocycles. The zero-order valence-electron chi connectivity index (χ0n) is 22.9. The molecule has 0 heterocycles. The Labute approximate surface area is 210 Å². The summed E-state index contributed by atoms with van der Waals surface area (Å²) >= 11 is 0. The Morgan fingerprint density at radius 1 is 0.971 bits per heavy atom. The number of carbonyl (C=O) groups excluding carboxylic acids is 1. The van der Waals surface area contributed by atoms with Gasteiger partial charge in [-0.2, -0.15) is 0 Å². The van der Waals surface area contributed by atoms with Crippen molar-refractivity contribution in [3.05, 3.63) is 23.8 Å². The van der Waals surface area contributed by atoms with E-state index in [1.807, 2.05) is 0 Å². The zero-order valence-corrected chi connectivity index (χ0v) is 26.3. The first-order valence-electron chi connectivity index (χ1n) is 11.8. The molecule has 0 bridgehead atoms. The van der Waals surface area contributed by atoms with Crippen molar-refractivity contribution < 1.29 is 32.6 Å². The third-order valence-corrected chi connectivity index (χ3v) is 9.56. The second-order valence-electron chi connectivity index (χ2n) is 10.2. The first kappa shape index (κ1) is 30.4. The van der Waals surface area contributed by atoms with Gasteiger partial charge in [-0.05, 0) is 69.5 Å². The number of carbonyl (C=O) groups is 1. The van der Waals surface area contributed by atoms with Crippen LogP contribution in [-0.4, -0.2) is 65.5 Å². The van der Waals surface area contributed by atoms with Crippen LogP contribution in [0.3, 0.4) is 0 Å². The molecule has 34 heavy (non-hydrogen) atoms. The molecule has 0 saturated carbocycles. The predicted octanol–water partition coefficient (Wildman–Crippen LogP) is 4.87. The maximum Gasteiger partial charge on any atom is 0.330 e. The minimum absolute atomic E-state index is 0.134. The lowest BCUT2D eigenvalue weighted by atomic mass is 10.1. The van der Waals surface area contributed by atoms with Crippen molar-refractivity contribution in [1.82, 2.24) is 0 Å². The van der Waals surface area contributed by atoms with Gasteiger partial charge in [0.25, 0.3) is 0 Å². The molecule has 10 heteroatoms. The minimum Gasteiger partial charge on any atom is -0.493 e. The second kappa shape index (κ2) is 12.9. The molecule has 0 saturated heterocycles. The monoisotopic (exact) mass is 528 g/mol. The molecule has 1 unspecified atom stereocenters. The Bertz CT molecular complexity index is 788. The molecular weight excluding hydrogens is 485 g/mol. The van der Waals surface area contributed by atoms with Gasteiger partial charge in [0.15, 0.2) is 28.1 Å². The molecule has 1 aromatic rings. The molecule has 0 radical (unpaired) electrons. The summed E-state index contributed by atoms with van der Waals surface area (Å²) in [6.07, 6.45) is 3.76. The van der Waals surface area contributed by atoms with E-state index in [0.29, 0.717) is 30.3 Å². The van der Waals surface area contributed by atoms with Crippen LogP contribution in [0.25, 0.3) is 6.08 Å². The van der Waals surface area contributed by atoms with E-state index in [4.69, 9.17) is 27.8 Å². The van der Waals surface area contributed by atoms with Gasteiger partial charge in [0.05, 0.1) is 37.5 Å². The van der Waals surface area contributed by atoms with Gasteiger partial charge in [-0.1, -0.05) is 13.5 Å². The smallest absolute Gasteiger partial charge is 0.330 e. The van der Waals surface area contributed by atoms with Crippen LogP contribution < -0.4 is 14.2 Å². The minimum atomic E-state index is -1.83. The van der Waals surface area contributed by atoms with Crippen LogP contribution in [0, 0.1) is 5.92 Å².